The van der Waals surface area contributed by atoms with Crippen molar-refractivity contribution < 1.29 is 28.7 Å². The van der Waals surface area contributed by atoms with Gasteiger partial charge in [-0.25, -0.2) is 19.6 Å². The summed E-state index contributed by atoms with van der Waals surface area (Å²) in [6, 6.07) is 9.70. The van der Waals surface area contributed by atoms with E-state index in [0.29, 0.717) is 24.7 Å². The molecular formula is C36H42N8O6. The van der Waals surface area contributed by atoms with Crippen LogP contribution < -0.4 is 10.6 Å². The van der Waals surface area contributed by atoms with Crippen LogP contribution >= 0.6 is 0 Å². The molecule has 0 unspecified atom stereocenters. The maximum absolute atomic E-state index is 13.3. The lowest BCUT2D eigenvalue weighted by Gasteiger charge is -2.42. The first-order chi connectivity index (χ1) is 24.0. The first-order valence-corrected chi connectivity index (χ1v) is 16.8. The third-order valence-electron chi connectivity index (χ3n) is 9.37. The molecule has 4 atom stereocenters. The second-order valence-corrected chi connectivity index (χ2v) is 13.3. The van der Waals surface area contributed by atoms with Gasteiger partial charge in [0.1, 0.15) is 23.7 Å². The number of carbonyl (C=O) groups excluding carboxylic acids is 4. The maximum atomic E-state index is 13.3. The Morgan fingerprint density at radius 3 is 1.44 bits per heavy atom. The average Bonchev–Trinajstić information content (AvgIpc) is 3.66. The number of nitrogens with one attached hydrogen (secondary N) is 4. The Bertz CT molecular complexity index is 1870. The summed E-state index contributed by atoms with van der Waals surface area (Å²) in [6.45, 7) is 8.68. The Labute approximate surface area is 289 Å². The van der Waals surface area contributed by atoms with Crippen LogP contribution in [0.5, 0.6) is 0 Å². The number of aromatic amines is 2. The van der Waals surface area contributed by atoms with Crippen LogP contribution in [0.4, 0.5) is 9.59 Å². The molecule has 2 aromatic carbocycles. The molecule has 4 aromatic rings. The number of nitrogens with zero attached hydrogens (tertiary/aromatic N) is 4. The van der Waals surface area contributed by atoms with Crippen molar-refractivity contribution in [3.63, 3.8) is 0 Å². The third kappa shape index (κ3) is 6.80. The molecule has 2 aliphatic rings. The number of imidazole rings is 2. The predicted octanol–water partition coefficient (Wildman–Crippen LogP) is 4.15. The van der Waals surface area contributed by atoms with Crippen LogP contribution in [0.15, 0.2) is 36.4 Å². The van der Waals surface area contributed by atoms with Gasteiger partial charge in [0.15, 0.2) is 0 Å². The Balaban J connectivity index is 1.15. The predicted molar refractivity (Wildman–Crippen MR) is 185 cm³/mol. The second kappa shape index (κ2) is 14.1. The summed E-state index contributed by atoms with van der Waals surface area (Å²) in [5.41, 5.74) is 4.73. The van der Waals surface area contributed by atoms with Gasteiger partial charge in [0.25, 0.3) is 0 Å². The number of benzene rings is 2. The minimum Gasteiger partial charge on any atom is -0.453 e. The van der Waals surface area contributed by atoms with Crippen LogP contribution in [0.3, 0.4) is 0 Å². The van der Waals surface area contributed by atoms with Gasteiger partial charge in [0, 0.05) is 24.2 Å². The standard InChI is InChI=1S/C36H42N8O6/c1-19(2)29(41-35(47)49-5)33(45)43-15-13-27(43)31-37-23-11-9-21(17-25(23)39-31)7-8-22-10-12-24-26(18-22)40-32(38-24)28-14-16-44(28)34(46)30(20(3)4)42-36(48)50-6/h9-12,17-20,27-30H,13-16H2,1-6H3,(H,37,39)(H,38,40)(H,41,47)(H,42,48)/t27-,28-,29+,30+/m0/s1. The molecule has 14 heteroatoms. The summed E-state index contributed by atoms with van der Waals surface area (Å²) in [7, 11) is 2.55. The minimum atomic E-state index is -0.694. The van der Waals surface area contributed by atoms with Crippen molar-refractivity contribution in [1.82, 2.24) is 40.4 Å². The molecular weight excluding hydrogens is 640 g/mol. The van der Waals surface area contributed by atoms with Gasteiger partial charge in [-0.15, -0.1) is 0 Å². The summed E-state index contributed by atoms with van der Waals surface area (Å²) >= 11 is 0. The number of likely N-dealkylation sites (tertiary alicyclic amines) is 2. The highest BCUT2D eigenvalue weighted by molar-refractivity contribution is 5.88. The van der Waals surface area contributed by atoms with E-state index in [9.17, 15) is 19.2 Å². The van der Waals surface area contributed by atoms with E-state index in [-0.39, 0.29) is 35.7 Å². The fraction of sp³-hybridized carbons (Fsp3) is 0.444. The maximum Gasteiger partial charge on any atom is 0.407 e. The fourth-order valence-electron chi connectivity index (χ4n) is 6.29. The molecule has 0 bridgehead atoms. The van der Waals surface area contributed by atoms with E-state index in [1.807, 2.05) is 64.1 Å². The van der Waals surface area contributed by atoms with Crippen LogP contribution in [0.25, 0.3) is 22.1 Å². The normalized spacial score (nSPS) is 18.2. The zero-order valence-corrected chi connectivity index (χ0v) is 29.0. The Morgan fingerprint density at radius 1 is 0.720 bits per heavy atom. The van der Waals surface area contributed by atoms with Gasteiger partial charge in [0.05, 0.1) is 48.4 Å². The fourth-order valence-corrected chi connectivity index (χ4v) is 6.29. The van der Waals surface area contributed by atoms with Crippen LogP contribution in [0, 0.1) is 23.7 Å². The molecule has 262 valence electrons. The van der Waals surface area contributed by atoms with Crippen molar-refractivity contribution in [3.05, 3.63) is 59.2 Å². The molecule has 4 N–H and O–H groups in total. The summed E-state index contributed by atoms with van der Waals surface area (Å²) in [5, 5.41) is 5.31. The lowest BCUT2D eigenvalue weighted by Crippen LogP contribution is -2.56. The summed E-state index contributed by atoms with van der Waals surface area (Å²) in [4.78, 5) is 70.1. The van der Waals surface area contributed by atoms with Gasteiger partial charge in [-0.3, -0.25) is 9.59 Å². The molecule has 6 rings (SSSR count). The lowest BCUT2D eigenvalue weighted by atomic mass is 9.96. The average molecular weight is 683 g/mol. The van der Waals surface area contributed by atoms with Gasteiger partial charge >= 0.3 is 12.2 Å². The molecule has 2 aliphatic heterocycles. The SMILES string of the molecule is COC(=O)N[C@@H](C(=O)N1CC[C@H]1c1nc2cc(C#Cc3ccc4[nH]c([C@@H]5CCN5C(=O)[C@H](NC(=O)OC)C(C)C)nc4c3)ccc2[nH]1)C(C)C. The summed E-state index contributed by atoms with van der Waals surface area (Å²) < 4.78 is 9.43. The molecule has 4 heterocycles. The highest BCUT2D eigenvalue weighted by Crippen LogP contribution is 2.35. The molecule has 14 nitrogen and oxygen atoms in total. The van der Waals surface area contributed by atoms with Gasteiger partial charge in [-0.2, -0.15) is 0 Å². The number of ether oxygens (including phenoxy) is 2. The van der Waals surface area contributed by atoms with E-state index < -0.39 is 24.3 Å². The molecule has 0 spiro atoms. The van der Waals surface area contributed by atoms with E-state index in [2.05, 4.69) is 32.4 Å². The highest BCUT2D eigenvalue weighted by atomic mass is 16.5. The number of carbonyl (C=O) groups is 4. The number of methoxy groups -OCH3 is 2. The van der Waals surface area contributed by atoms with Crippen LogP contribution in [0.2, 0.25) is 0 Å². The van der Waals surface area contributed by atoms with E-state index in [1.165, 1.54) is 14.2 Å². The van der Waals surface area contributed by atoms with Gasteiger partial charge in [0.2, 0.25) is 11.8 Å². The number of amides is 4. The van der Waals surface area contributed by atoms with E-state index in [1.54, 1.807) is 9.80 Å². The number of H-pyrrole nitrogens is 2. The van der Waals surface area contributed by atoms with Crippen molar-refractivity contribution in [2.75, 3.05) is 27.3 Å². The van der Waals surface area contributed by atoms with Crippen LogP contribution in [-0.4, -0.2) is 93.1 Å². The van der Waals surface area contributed by atoms with Crippen LogP contribution in [0.1, 0.15) is 75.4 Å². The Hall–Kier alpha value is -5.58. The smallest absolute Gasteiger partial charge is 0.407 e. The highest BCUT2D eigenvalue weighted by Gasteiger charge is 2.41. The molecule has 0 saturated carbocycles. The number of aromatic nitrogens is 4. The van der Waals surface area contributed by atoms with E-state index in [0.717, 1.165) is 46.0 Å². The van der Waals surface area contributed by atoms with Crippen molar-refractivity contribution in [1.29, 1.82) is 0 Å². The zero-order valence-electron chi connectivity index (χ0n) is 29.0. The monoisotopic (exact) mass is 682 g/mol. The van der Waals surface area contributed by atoms with Gasteiger partial charge in [-0.1, -0.05) is 39.5 Å². The Morgan fingerprint density at radius 2 is 1.12 bits per heavy atom. The minimum absolute atomic E-state index is 0.111. The number of fused-ring (bicyclic) bond motifs is 2. The third-order valence-corrected chi connectivity index (χ3v) is 9.37. The second-order valence-electron chi connectivity index (χ2n) is 13.3. The van der Waals surface area contributed by atoms with E-state index in [4.69, 9.17) is 19.4 Å². The van der Waals surface area contributed by atoms with E-state index >= 15 is 0 Å². The molecule has 0 radical (unpaired) electrons. The first-order valence-electron chi connectivity index (χ1n) is 16.8. The number of alkyl carbamates (subject to hydrolysis) is 2. The van der Waals surface area contributed by atoms with Crippen molar-refractivity contribution in [3.8, 4) is 11.8 Å². The molecule has 4 amide bonds. The lowest BCUT2D eigenvalue weighted by molar-refractivity contribution is -0.143. The van der Waals surface area contributed by atoms with Gasteiger partial charge in [-0.05, 0) is 61.1 Å². The Kier molecular flexibility index (Phi) is 9.67. The quantitative estimate of drug-likeness (QED) is 0.201. The zero-order chi connectivity index (χ0) is 35.7. The molecule has 0 aliphatic carbocycles. The van der Waals surface area contributed by atoms with Crippen molar-refractivity contribution in [2.24, 2.45) is 11.8 Å². The van der Waals surface area contributed by atoms with Crippen molar-refractivity contribution >= 4 is 46.1 Å². The van der Waals surface area contributed by atoms with Gasteiger partial charge < -0.3 is 39.9 Å². The molecule has 2 fully saturated rings. The summed E-state index contributed by atoms with van der Waals surface area (Å²) in [5.74, 6) is 7.28. The number of hydrogen-bond acceptors (Lipinski definition) is 8. The molecule has 50 heavy (non-hydrogen) atoms. The molecule has 2 saturated heterocycles. The van der Waals surface area contributed by atoms with Crippen molar-refractivity contribution in [2.45, 2.75) is 64.7 Å². The largest absolute Gasteiger partial charge is 0.453 e. The first kappa shape index (κ1) is 34.3. The van der Waals surface area contributed by atoms with Crippen LogP contribution in [-0.2, 0) is 19.1 Å². The topological polar surface area (TPSA) is 175 Å². The molecule has 2 aromatic heterocycles. The summed E-state index contributed by atoms with van der Waals surface area (Å²) in [6.07, 6.45) is 0.250. The number of rotatable bonds is 8. The number of hydrogen-bond donors (Lipinski definition) is 4.